The van der Waals surface area contributed by atoms with Gasteiger partial charge in [-0.15, -0.1) is 0 Å². The summed E-state index contributed by atoms with van der Waals surface area (Å²) in [6.45, 7) is 1.70. The fraction of sp³-hybridized carbons (Fsp3) is 0.0909. The lowest BCUT2D eigenvalue weighted by atomic mass is 10.1. The second-order valence-electron chi connectivity index (χ2n) is 3.32. The Morgan fingerprint density at radius 3 is 2.75 bits per heavy atom. The molecule has 1 aromatic carbocycles. The minimum absolute atomic E-state index is 0.150. The van der Waals surface area contributed by atoms with Crippen molar-refractivity contribution >= 4 is 12.2 Å². The van der Waals surface area contributed by atoms with Crippen LogP contribution in [0.1, 0.15) is 5.82 Å². The maximum absolute atomic E-state index is 13.5. The first-order valence-corrected chi connectivity index (χ1v) is 5.01. The highest BCUT2D eigenvalue weighted by molar-refractivity contribution is 7.71. The number of hydrogen-bond donors (Lipinski definition) is 1. The van der Waals surface area contributed by atoms with Gasteiger partial charge in [-0.05, 0) is 25.1 Å². The monoisotopic (exact) mass is 238 g/mol. The number of aryl methyl sites for hydroxylation is 1. The van der Waals surface area contributed by atoms with Gasteiger partial charge in [-0.2, -0.15) is 0 Å². The van der Waals surface area contributed by atoms with E-state index in [4.69, 9.17) is 12.2 Å². The fourth-order valence-corrected chi connectivity index (χ4v) is 1.69. The van der Waals surface area contributed by atoms with Crippen LogP contribution in [0, 0.1) is 23.2 Å². The summed E-state index contributed by atoms with van der Waals surface area (Å²) in [6.07, 6.45) is 0. The molecule has 0 bridgehead atoms. The minimum atomic E-state index is -0.890. The fourth-order valence-electron chi connectivity index (χ4n) is 1.44. The standard InChI is InChI=1S/C11H8F2N2S/c1-6-14-9(5-10(16)15-6)7-3-2-4-8(12)11(7)13/h2-5H,1H3,(H,14,15,16). The van der Waals surface area contributed by atoms with Gasteiger partial charge in [0.1, 0.15) is 10.5 Å². The van der Waals surface area contributed by atoms with Crippen LogP contribution in [0.4, 0.5) is 8.78 Å². The van der Waals surface area contributed by atoms with Gasteiger partial charge < -0.3 is 4.98 Å². The number of hydrogen-bond acceptors (Lipinski definition) is 2. The average molecular weight is 238 g/mol. The SMILES string of the molecule is Cc1nc(=S)cc(-c2cccc(F)c2F)[nH]1. The zero-order valence-electron chi connectivity index (χ0n) is 8.42. The van der Waals surface area contributed by atoms with Crippen LogP contribution in [-0.4, -0.2) is 9.97 Å². The quantitative estimate of drug-likeness (QED) is 0.771. The largest absolute Gasteiger partial charge is 0.343 e. The zero-order chi connectivity index (χ0) is 11.7. The third kappa shape index (κ3) is 1.99. The Labute approximate surface area is 96.0 Å². The van der Waals surface area contributed by atoms with Gasteiger partial charge in [0.15, 0.2) is 11.6 Å². The summed E-state index contributed by atoms with van der Waals surface area (Å²) >= 11 is 4.92. The molecule has 16 heavy (non-hydrogen) atoms. The molecule has 0 aliphatic carbocycles. The summed E-state index contributed by atoms with van der Waals surface area (Å²) in [4.78, 5) is 6.80. The van der Waals surface area contributed by atoms with Gasteiger partial charge in [-0.3, -0.25) is 0 Å². The molecular formula is C11H8F2N2S. The normalized spacial score (nSPS) is 10.4. The lowest BCUT2D eigenvalue weighted by molar-refractivity contribution is 0.511. The van der Waals surface area contributed by atoms with Crippen molar-refractivity contribution in [2.75, 3.05) is 0 Å². The van der Waals surface area contributed by atoms with E-state index in [-0.39, 0.29) is 5.56 Å². The van der Waals surface area contributed by atoms with Crippen LogP contribution in [0.5, 0.6) is 0 Å². The summed E-state index contributed by atoms with van der Waals surface area (Å²) in [5.74, 6) is -1.21. The third-order valence-electron chi connectivity index (χ3n) is 2.10. The number of H-pyrrole nitrogens is 1. The number of nitrogens with zero attached hydrogens (tertiary/aromatic N) is 1. The number of benzene rings is 1. The van der Waals surface area contributed by atoms with Crippen molar-refractivity contribution in [3.05, 3.63) is 46.4 Å². The van der Waals surface area contributed by atoms with E-state index in [0.29, 0.717) is 16.2 Å². The van der Waals surface area contributed by atoms with Crippen molar-refractivity contribution < 1.29 is 8.78 Å². The van der Waals surface area contributed by atoms with Gasteiger partial charge >= 0.3 is 0 Å². The molecule has 5 heteroatoms. The van der Waals surface area contributed by atoms with Crippen molar-refractivity contribution in [1.29, 1.82) is 0 Å². The lowest BCUT2D eigenvalue weighted by Crippen LogP contribution is -1.95. The molecule has 0 fully saturated rings. The molecule has 0 aliphatic rings. The van der Waals surface area contributed by atoms with Crippen molar-refractivity contribution in [3.63, 3.8) is 0 Å². The van der Waals surface area contributed by atoms with Crippen molar-refractivity contribution in [3.8, 4) is 11.3 Å². The first kappa shape index (κ1) is 10.9. The van der Waals surface area contributed by atoms with E-state index in [1.165, 1.54) is 18.2 Å². The number of aromatic nitrogens is 2. The number of rotatable bonds is 1. The first-order valence-electron chi connectivity index (χ1n) is 4.60. The number of halogens is 2. The molecule has 1 N–H and O–H groups in total. The molecular weight excluding hydrogens is 230 g/mol. The maximum atomic E-state index is 13.5. The molecule has 0 saturated heterocycles. The van der Waals surface area contributed by atoms with E-state index in [9.17, 15) is 8.78 Å². The summed E-state index contributed by atoms with van der Waals surface area (Å²) in [5.41, 5.74) is 0.575. The Balaban J connectivity index is 2.67. The van der Waals surface area contributed by atoms with Crippen LogP contribution in [0.2, 0.25) is 0 Å². The predicted molar refractivity (Wildman–Crippen MR) is 59.5 cm³/mol. The molecule has 0 spiro atoms. The highest BCUT2D eigenvalue weighted by Gasteiger charge is 2.10. The van der Waals surface area contributed by atoms with Crippen LogP contribution in [0.25, 0.3) is 11.3 Å². The molecule has 1 aromatic heterocycles. The Kier molecular flexibility index (Phi) is 2.78. The number of aromatic amines is 1. The highest BCUT2D eigenvalue weighted by atomic mass is 32.1. The molecule has 0 unspecified atom stereocenters. The summed E-state index contributed by atoms with van der Waals surface area (Å²) in [6, 6.07) is 5.50. The maximum Gasteiger partial charge on any atom is 0.168 e. The van der Waals surface area contributed by atoms with Crippen molar-refractivity contribution in [2.24, 2.45) is 0 Å². The van der Waals surface area contributed by atoms with E-state index in [1.807, 2.05) is 0 Å². The molecule has 0 radical (unpaired) electrons. The second kappa shape index (κ2) is 4.09. The van der Waals surface area contributed by atoms with Crippen LogP contribution >= 0.6 is 12.2 Å². The summed E-state index contributed by atoms with van der Waals surface area (Å²) in [5, 5.41) is 0. The molecule has 2 aromatic rings. The number of nitrogens with one attached hydrogen (secondary N) is 1. The van der Waals surface area contributed by atoms with Gasteiger partial charge in [-0.1, -0.05) is 18.3 Å². The third-order valence-corrected chi connectivity index (χ3v) is 2.31. The first-order chi connectivity index (χ1) is 7.58. The van der Waals surface area contributed by atoms with E-state index in [1.54, 1.807) is 6.92 Å². The van der Waals surface area contributed by atoms with E-state index in [2.05, 4.69) is 9.97 Å². The second-order valence-corrected chi connectivity index (χ2v) is 3.74. The Bertz CT molecular complexity index is 593. The smallest absolute Gasteiger partial charge is 0.168 e. The molecule has 0 aliphatic heterocycles. The van der Waals surface area contributed by atoms with Crippen molar-refractivity contribution in [2.45, 2.75) is 6.92 Å². The van der Waals surface area contributed by atoms with Crippen molar-refractivity contribution in [1.82, 2.24) is 9.97 Å². The Morgan fingerprint density at radius 1 is 1.31 bits per heavy atom. The van der Waals surface area contributed by atoms with Crippen LogP contribution in [-0.2, 0) is 0 Å². The summed E-state index contributed by atoms with van der Waals surface area (Å²) in [7, 11) is 0. The molecule has 0 amide bonds. The highest BCUT2D eigenvalue weighted by Crippen LogP contribution is 2.22. The van der Waals surface area contributed by atoms with Gasteiger partial charge in [0.25, 0.3) is 0 Å². The van der Waals surface area contributed by atoms with E-state index in [0.717, 1.165) is 6.07 Å². The molecule has 0 saturated carbocycles. The topological polar surface area (TPSA) is 28.7 Å². The molecule has 1 heterocycles. The Hall–Kier alpha value is -1.62. The van der Waals surface area contributed by atoms with Crippen LogP contribution in [0.15, 0.2) is 24.3 Å². The zero-order valence-corrected chi connectivity index (χ0v) is 9.24. The molecule has 0 atom stereocenters. The minimum Gasteiger partial charge on any atom is -0.343 e. The van der Waals surface area contributed by atoms with E-state index < -0.39 is 11.6 Å². The predicted octanol–water partition coefficient (Wildman–Crippen LogP) is 3.39. The molecule has 2 nitrogen and oxygen atoms in total. The van der Waals surface area contributed by atoms with Crippen LogP contribution in [0.3, 0.4) is 0 Å². The lowest BCUT2D eigenvalue weighted by Gasteiger charge is -2.05. The van der Waals surface area contributed by atoms with Crippen LogP contribution < -0.4 is 0 Å². The average Bonchev–Trinajstić information content (AvgIpc) is 2.20. The molecule has 2 rings (SSSR count). The van der Waals surface area contributed by atoms with E-state index >= 15 is 0 Å². The Morgan fingerprint density at radius 2 is 2.06 bits per heavy atom. The van der Waals surface area contributed by atoms with Gasteiger partial charge in [-0.25, -0.2) is 13.8 Å². The summed E-state index contributed by atoms with van der Waals surface area (Å²) < 4.78 is 26.9. The van der Waals surface area contributed by atoms with Gasteiger partial charge in [0, 0.05) is 5.56 Å². The molecule has 82 valence electrons. The van der Waals surface area contributed by atoms with Gasteiger partial charge in [0.2, 0.25) is 0 Å². The van der Waals surface area contributed by atoms with Gasteiger partial charge in [0.05, 0.1) is 5.69 Å².